The second kappa shape index (κ2) is 9.61. The van der Waals surface area contributed by atoms with Crippen LogP contribution in [0.4, 0.5) is 5.82 Å². The van der Waals surface area contributed by atoms with E-state index in [0.717, 1.165) is 24.3 Å². The van der Waals surface area contributed by atoms with Crippen LogP contribution < -0.4 is 15.1 Å². The Morgan fingerprint density at radius 3 is 2.74 bits per heavy atom. The van der Waals surface area contributed by atoms with Crippen molar-refractivity contribution in [3.05, 3.63) is 59.8 Å². The molecule has 12 nitrogen and oxygen atoms in total. The van der Waals surface area contributed by atoms with Crippen molar-refractivity contribution in [1.29, 1.82) is 0 Å². The van der Waals surface area contributed by atoms with Gasteiger partial charge in [0.05, 0.1) is 25.5 Å². The lowest BCUT2D eigenvalue weighted by Crippen LogP contribution is -2.49. The molecular formula is C22H26N8O4. The SMILES string of the molecule is CN1C(=O)C(NC(=O)c2ncn(Cc3ccccc3)n2)COn2nc(CN3CCOCC3)cc21. The first-order valence-electron chi connectivity index (χ1n) is 11.1. The molecule has 5 rings (SSSR count). The van der Waals surface area contributed by atoms with Crippen LogP contribution >= 0.6 is 0 Å². The van der Waals surface area contributed by atoms with Gasteiger partial charge in [-0.05, 0) is 5.56 Å². The highest BCUT2D eigenvalue weighted by Crippen LogP contribution is 2.19. The molecule has 2 amide bonds. The van der Waals surface area contributed by atoms with Crippen LogP contribution in [0.3, 0.4) is 0 Å². The fourth-order valence-corrected chi connectivity index (χ4v) is 3.92. The molecule has 1 N–H and O–H groups in total. The van der Waals surface area contributed by atoms with Crippen LogP contribution in [0, 0.1) is 0 Å². The van der Waals surface area contributed by atoms with Crippen LogP contribution in [-0.2, 0) is 22.6 Å². The maximum atomic E-state index is 13.0. The number of benzene rings is 1. The summed E-state index contributed by atoms with van der Waals surface area (Å²) in [6, 6.07) is 10.7. The second-order valence-electron chi connectivity index (χ2n) is 8.23. The molecule has 0 spiro atoms. The molecule has 12 heteroatoms. The number of aromatic nitrogens is 5. The van der Waals surface area contributed by atoms with E-state index >= 15 is 0 Å². The molecular weight excluding hydrogens is 440 g/mol. The van der Waals surface area contributed by atoms with Gasteiger partial charge in [0, 0.05) is 32.7 Å². The molecule has 34 heavy (non-hydrogen) atoms. The molecule has 2 aromatic heterocycles. The summed E-state index contributed by atoms with van der Waals surface area (Å²) < 4.78 is 6.96. The van der Waals surface area contributed by atoms with E-state index < -0.39 is 11.9 Å². The van der Waals surface area contributed by atoms with Crippen molar-refractivity contribution < 1.29 is 19.2 Å². The number of nitrogens with one attached hydrogen (secondary N) is 1. The largest absolute Gasteiger partial charge is 0.392 e. The predicted octanol–water partition coefficient (Wildman–Crippen LogP) is -0.441. The molecule has 2 aliphatic heterocycles. The summed E-state index contributed by atoms with van der Waals surface area (Å²) in [5, 5.41) is 11.4. The third-order valence-electron chi connectivity index (χ3n) is 5.77. The fraction of sp³-hybridized carbons (Fsp3) is 0.409. The Kier molecular flexibility index (Phi) is 6.23. The Bertz CT molecular complexity index is 1150. The van der Waals surface area contributed by atoms with Gasteiger partial charge in [0.1, 0.15) is 19.0 Å². The molecule has 1 atom stereocenters. The highest BCUT2D eigenvalue weighted by Gasteiger charge is 2.33. The number of carbonyl (C=O) groups is 2. The first kappa shape index (κ1) is 22.0. The van der Waals surface area contributed by atoms with E-state index in [1.54, 1.807) is 11.7 Å². The fourth-order valence-electron chi connectivity index (χ4n) is 3.92. The van der Waals surface area contributed by atoms with Crippen molar-refractivity contribution in [2.45, 2.75) is 19.1 Å². The Labute approximate surface area is 196 Å². The first-order valence-corrected chi connectivity index (χ1v) is 11.1. The zero-order valence-corrected chi connectivity index (χ0v) is 18.8. The lowest BCUT2D eigenvalue weighted by Gasteiger charge is -2.25. The highest BCUT2D eigenvalue weighted by molar-refractivity contribution is 6.00. The molecule has 0 saturated carbocycles. The van der Waals surface area contributed by atoms with Gasteiger partial charge < -0.3 is 14.9 Å². The first-order chi connectivity index (χ1) is 16.6. The number of carbonyl (C=O) groups excluding carboxylic acids is 2. The van der Waals surface area contributed by atoms with Gasteiger partial charge in [0.15, 0.2) is 5.82 Å². The number of nitrogens with zero attached hydrogens (tertiary/aromatic N) is 7. The third kappa shape index (κ3) is 4.77. The Hall–Kier alpha value is -3.77. The monoisotopic (exact) mass is 466 g/mol. The molecule has 1 saturated heterocycles. The molecule has 0 radical (unpaired) electrons. The van der Waals surface area contributed by atoms with Crippen molar-refractivity contribution in [3.63, 3.8) is 0 Å². The summed E-state index contributed by atoms with van der Waals surface area (Å²) in [4.78, 5) is 40.6. The molecule has 1 unspecified atom stereocenters. The Balaban J connectivity index is 1.22. The zero-order chi connectivity index (χ0) is 23.5. The van der Waals surface area contributed by atoms with E-state index in [4.69, 9.17) is 9.57 Å². The summed E-state index contributed by atoms with van der Waals surface area (Å²) in [6.45, 7) is 4.13. The zero-order valence-electron chi connectivity index (χ0n) is 18.8. The number of likely N-dealkylation sites (N-methyl/N-ethyl adjacent to an activating group) is 1. The van der Waals surface area contributed by atoms with Gasteiger partial charge in [-0.2, -0.15) is 0 Å². The number of amides is 2. The van der Waals surface area contributed by atoms with E-state index in [9.17, 15) is 9.59 Å². The summed E-state index contributed by atoms with van der Waals surface area (Å²) >= 11 is 0. The predicted molar refractivity (Wildman–Crippen MR) is 120 cm³/mol. The molecule has 0 bridgehead atoms. The summed E-state index contributed by atoms with van der Waals surface area (Å²) in [7, 11) is 1.63. The lowest BCUT2D eigenvalue weighted by atomic mass is 10.2. The van der Waals surface area contributed by atoms with Crippen LogP contribution in [0.1, 0.15) is 21.9 Å². The van der Waals surface area contributed by atoms with Crippen molar-refractivity contribution in [2.24, 2.45) is 0 Å². The van der Waals surface area contributed by atoms with E-state index in [1.807, 2.05) is 36.4 Å². The third-order valence-corrected chi connectivity index (χ3v) is 5.77. The number of rotatable bonds is 6. The standard InChI is InChI=1S/C22H26N8O4/c1-27-19-11-17(13-28-7-9-33-10-8-28)25-30(19)34-14-18(22(27)32)24-21(31)20-23-15-29(26-20)12-16-5-3-2-4-6-16/h2-6,11,15,18H,7-10,12-14H2,1H3,(H,24,31). The average Bonchev–Trinajstić information content (AvgIpc) is 3.47. The molecule has 1 fully saturated rings. The summed E-state index contributed by atoms with van der Waals surface area (Å²) in [6.07, 6.45) is 1.49. The topological polar surface area (TPSA) is 120 Å². The van der Waals surface area contributed by atoms with Gasteiger partial charge in [-0.3, -0.25) is 19.4 Å². The highest BCUT2D eigenvalue weighted by atomic mass is 16.7. The van der Waals surface area contributed by atoms with Crippen LogP contribution in [0.25, 0.3) is 0 Å². The van der Waals surface area contributed by atoms with Gasteiger partial charge in [0.25, 0.3) is 11.8 Å². The minimum absolute atomic E-state index is 0.0128. The number of fused-ring (bicyclic) bond motifs is 1. The van der Waals surface area contributed by atoms with Crippen LogP contribution in [0.2, 0.25) is 0 Å². The molecule has 0 aliphatic carbocycles. The number of anilines is 1. The number of morpholine rings is 1. The normalized spacial score (nSPS) is 18.8. The molecule has 1 aromatic carbocycles. The van der Waals surface area contributed by atoms with Crippen molar-refractivity contribution >= 4 is 17.6 Å². The summed E-state index contributed by atoms with van der Waals surface area (Å²) in [5.41, 5.74) is 1.84. The van der Waals surface area contributed by atoms with E-state index in [0.29, 0.717) is 32.1 Å². The van der Waals surface area contributed by atoms with Crippen molar-refractivity contribution in [2.75, 3.05) is 44.9 Å². The Morgan fingerprint density at radius 1 is 1.15 bits per heavy atom. The minimum atomic E-state index is -0.900. The lowest BCUT2D eigenvalue weighted by molar-refractivity contribution is -0.120. The molecule has 178 valence electrons. The van der Waals surface area contributed by atoms with Crippen LogP contribution in [-0.4, -0.2) is 87.4 Å². The molecule has 4 heterocycles. The Morgan fingerprint density at radius 2 is 1.94 bits per heavy atom. The van der Waals surface area contributed by atoms with Gasteiger partial charge in [0.2, 0.25) is 5.82 Å². The number of hydrogen-bond acceptors (Lipinski definition) is 8. The van der Waals surface area contributed by atoms with E-state index in [1.165, 1.54) is 16.1 Å². The maximum Gasteiger partial charge on any atom is 0.291 e. The summed E-state index contributed by atoms with van der Waals surface area (Å²) in [5.74, 6) is -0.361. The van der Waals surface area contributed by atoms with Gasteiger partial charge >= 0.3 is 0 Å². The van der Waals surface area contributed by atoms with E-state index in [2.05, 4.69) is 25.4 Å². The number of ether oxygens (including phenoxy) is 1. The van der Waals surface area contributed by atoms with Crippen molar-refractivity contribution in [1.82, 2.24) is 34.9 Å². The van der Waals surface area contributed by atoms with Crippen LogP contribution in [0.5, 0.6) is 0 Å². The molecule has 2 aliphatic rings. The minimum Gasteiger partial charge on any atom is -0.392 e. The van der Waals surface area contributed by atoms with Gasteiger partial charge in [-0.15, -0.1) is 10.2 Å². The second-order valence-corrected chi connectivity index (χ2v) is 8.23. The van der Waals surface area contributed by atoms with Gasteiger partial charge in [-0.1, -0.05) is 35.2 Å². The number of hydrogen-bond donors (Lipinski definition) is 1. The smallest absolute Gasteiger partial charge is 0.291 e. The molecule has 3 aromatic rings. The average molecular weight is 467 g/mol. The maximum absolute atomic E-state index is 13.0. The van der Waals surface area contributed by atoms with Crippen molar-refractivity contribution in [3.8, 4) is 0 Å². The van der Waals surface area contributed by atoms with Crippen LogP contribution in [0.15, 0.2) is 42.7 Å². The van der Waals surface area contributed by atoms with E-state index in [-0.39, 0.29) is 18.3 Å². The van der Waals surface area contributed by atoms with Gasteiger partial charge in [-0.25, -0.2) is 9.67 Å². The quantitative estimate of drug-likeness (QED) is 0.519.